The molecule has 0 amide bonds. The second-order valence-corrected chi connectivity index (χ2v) is 7.29. The van der Waals surface area contributed by atoms with Gasteiger partial charge in [-0.3, -0.25) is 0 Å². The Labute approximate surface area is 156 Å². The highest BCUT2D eigenvalue weighted by atomic mass is 79.9. The van der Waals surface area contributed by atoms with Crippen molar-refractivity contribution in [3.05, 3.63) is 76.9 Å². The molecule has 0 saturated heterocycles. The summed E-state index contributed by atoms with van der Waals surface area (Å²) < 4.78 is 0.866. The van der Waals surface area contributed by atoms with Crippen molar-refractivity contribution in [2.75, 3.05) is 0 Å². The smallest absolute Gasteiger partial charge is 0.106 e. The monoisotopic (exact) mass is 389 g/mol. The number of pyridine rings is 1. The molecule has 0 N–H and O–H groups in total. The Bertz CT molecular complexity index is 1050. The first kappa shape index (κ1) is 16.3. The molecule has 1 heterocycles. The van der Waals surface area contributed by atoms with Crippen molar-refractivity contribution in [2.24, 2.45) is 0 Å². The van der Waals surface area contributed by atoms with E-state index in [4.69, 9.17) is 4.98 Å². The number of benzene rings is 3. The fraction of sp³-hybridized carbons (Fsp3) is 0.174. The SMILES string of the molecule is CCCCc1ccc2c(-c3cccc(Br)n3)c3ccccc3cc2c1. The van der Waals surface area contributed by atoms with Gasteiger partial charge in [0.25, 0.3) is 0 Å². The van der Waals surface area contributed by atoms with E-state index in [9.17, 15) is 0 Å². The van der Waals surface area contributed by atoms with E-state index in [2.05, 4.69) is 83.5 Å². The quantitative estimate of drug-likeness (QED) is 0.266. The zero-order valence-electron chi connectivity index (χ0n) is 14.3. The van der Waals surface area contributed by atoms with E-state index in [1.54, 1.807) is 0 Å². The van der Waals surface area contributed by atoms with Gasteiger partial charge in [-0.1, -0.05) is 61.9 Å². The summed E-state index contributed by atoms with van der Waals surface area (Å²) in [6, 6.07) is 23.9. The van der Waals surface area contributed by atoms with Gasteiger partial charge in [0.05, 0.1) is 5.69 Å². The summed E-state index contributed by atoms with van der Waals surface area (Å²) in [6.45, 7) is 2.24. The molecule has 4 aromatic rings. The predicted octanol–water partition coefficient (Wildman–Crippen LogP) is 7.16. The second-order valence-electron chi connectivity index (χ2n) is 6.48. The van der Waals surface area contributed by atoms with Crippen molar-refractivity contribution < 1.29 is 0 Å². The summed E-state index contributed by atoms with van der Waals surface area (Å²) in [4.78, 5) is 4.73. The lowest BCUT2D eigenvalue weighted by Gasteiger charge is -2.13. The van der Waals surface area contributed by atoms with Crippen molar-refractivity contribution in [3.63, 3.8) is 0 Å². The van der Waals surface area contributed by atoms with Gasteiger partial charge in [-0.05, 0) is 74.1 Å². The molecule has 1 nitrogen and oxygen atoms in total. The van der Waals surface area contributed by atoms with E-state index >= 15 is 0 Å². The van der Waals surface area contributed by atoms with Crippen LogP contribution in [-0.4, -0.2) is 4.98 Å². The molecule has 2 heteroatoms. The first-order chi connectivity index (χ1) is 12.3. The molecule has 4 rings (SSSR count). The van der Waals surface area contributed by atoms with E-state index in [-0.39, 0.29) is 0 Å². The summed E-state index contributed by atoms with van der Waals surface area (Å²) in [5.74, 6) is 0. The summed E-state index contributed by atoms with van der Waals surface area (Å²) in [5, 5.41) is 5.08. The third kappa shape index (κ3) is 3.19. The van der Waals surface area contributed by atoms with E-state index in [0.717, 1.165) is 16.7 Å². The molecule has 1 aromatic heterocycles. The number of nitrogens with zero attached hydrogens (tertiary/aromatic N) is 1. The normalized spacial score (nSPS) is 11.3. The van der Waals surface area contributed by atoms with Crippen LogP contribution >= 0.6 is 15.9 Å². The van der Waals surface area contributed by atoms with Crippen LogP contribution in [0.2, 0.25) is 0 Å². The van der Waals surface area contributed by atoms with Gasteiger partial charge in [-0.25, -0.2) is 4.98 Å². The van der Waals surface area contributed by atoms with Crippen molar-refractivity contribution in [1.82, 2.24) is 4.98 Å². The van der Waals surface area contributed by atoms with E-state index < -0.39 is 0 Å². The summed E-state index contributed by atoms with van der Waals surface area (Å²) in [7, 11) is 0. The lowest BCUT2D eigenvalue weighted by atomic mass is 9.93. The standard InChI is InChI=1S/C23H20BrN/c1-2-3-7-16-12-13-20-18(14-16)15-17-8-4-5-9-19(17)23(20)21-10-6-11-22(24)25-21/h4-6,8-15H,2-3,7H2,1H3. The molecule has 0 atom stereocenters. The number of aryl methyl sites for hydroxylation is 1. The Morgan fingerprint density at radius 2 is 1.68 bits per heavy atom. The van der Waals surface area contributed by atoms with Crippen molar-refractivity contribution in [3.8, 4) is 11.3 Å². The van der Waals surface area contributed by atoms with Crippen LogP contribution < -0.4 is 0 Å². The maximum Gasteiger partial charge on any atom is 0.106 e. The molecule has 0 bridgehead atoms. The molecule has 3 aromatic carbocycles. The van der Waals surface area contributed by atoms with Crippen molar-refractivity contribution in [1.29, 1.82) is 0 Å². The van der Waals surface area contributed by atoms with E-state index in [1.807, 2.05) is 6.07 Å². The summed E-state index contributed by atoms with van der Waals surface area (Å²) >= 11 is 3.52. The number of hydrogen-bond acceptors (Lipinski definition) is 1. The van der Waals surface area contributed by atoms with Crippen molar-refractivity contribution in [2.45, 2.75) is 26.2 Å². The van der Waals surface area contributed by atoms with Gasteiger partial charge >= 0.3 is 0 Å². The highest BCUT2D eigenvalue weighted by Crippen LogP contribution is 2.36. The van der Waals surface area contributed by atoms with Crippen LogP contribution in [-0.2, 0) is 6.42 Å². The molecule has 0 aliphatic rings. The molecule has 0 saturated carbocycles. The molecular weight excluding hydrogens is 370 g/mol. The molecule has 25 heavy (non-hydrogen) atoms. The van der Waals surface area contributed by atoms with Crippen LogP contribution in [0.25, 0.3) is 32.8 Å². The van der Waals surface area contributed by atoms with Crippen LogP contribution in [0.1, 0.15) is 25.3 Å². The molecule has 0 fully saturated rings. The zero-order valence-corrected chi connectivity index (χ0v) is 15.9. The average Bonchev–Trinajstić information content (AvgIpc) is 2.64. The fourth-order valence-corrected chi connectivity index (χ4v) is 3.83. The molecule has 0 unspecified atom stereocenters. The van der Waals surface area contributed by atoms with Gasteiger partial charge in [0.2, 0.25) is 0 Å². The van der Waals surface area contributed by atoms with Gasteiger partial charge in [0.15, 0.2) is 0 Å². The number of aromatic nitrogens is 1. The highest BCUT2D eigenvalue weighted by molar-refractivity contribution is 9.10. The first-order valence-electron chi connectivity index (χ1n) is 8.83. The molecule has 0 spiro atoms. The maximum atomic E-state index is 4.73. The Balaban J connectivity index is 2.02. The number of halogens is 1. The molecular formula is C23H20BrN. The fourth-order valence-electron chi connectivity index (χ4n) is 3.48. The van der Waals surface area contributed by atoms with Gasteiger partial charge in [0.1, 0.15) is 4.60 Å². The lowest BCUT2D eigenvalue weighted by molar-refractivity contribution is 0.796. The Kier molecular flexibility index (Phi) is 4.54. The summed E-state index contributed by atoms with van der Waals surface area (Å²) in [6.07, 6.45) is 3.60. The Morgan fingerprint density at radius 3 is 2.52 bits per heavy atom. The minimum atomic E-state index is 0.866. The molecule has 124 valence electrons. The largest absolute Gasteiger partial charge is 0.241 e. The zero-order chi connectivity index (χ0) is 17.2. The van der Waals surface area contributed by atoms with E-state index in [0.29, 0.717) is 0 Å². The van der Waals surface area contributed by atoms with Gasteiger partial charge in [-0.15, -0.1) is 0 Å². The predicted molar refractivity (Wildman–Crippen MR) is 111 cm³/mol. The minimum absolute atomic E-state index is 0.866. The maximum absolute atomic E-state index is 4.73. The lowest BCUT2D eigenvalue weighted by Crippen LogP contribution is -1.91. The van der Waals surface area contributed by atoms with Crippen LogP contribution in [0.15, 0.2) is 71.3 Å². The van der Waals surface area contributed by atoms with Gasteiger partial charge in [0, 0.05) is 5.56 Å². The first-order valence-corrected chi connectivity index (χ1v) is 9.63. The van der Waals surface area contributed by atoms with Crippen LogP contribution in [0, 0.1) is 0 Å². The van der Waals surface area contributed by atoms with Crippen LogP contribution in [0.3, 0.4) is 0 Å². The molecule has 0 radical (unpaired) electrons. The minimum Gasteiger partial charge on any atom is -0.241 e. The van der Waals surface area contributed by atoms with Crippen LogP contribution in [0.4, 0.5) is 0 Å². The number of rotatable bonds is 4. The van der Waals surface area contributed by atoms with Crippen LogP contribution in [0.5, 0.6) is 0 Å². The molecule has 0 aliphatic heterocycles. The molecule has 0 aliphatic carbocycles. The highest BCUT2D eigenvalue weighted by Gasteiger charge is 2.11. The van der Waals surface area contributed by atoms with E-state index in [1.165, 1.54) is 45.5 Å². The van der Waals surface area contributed by atoms with Gasteiger partial charge < -0.3 is 0 Å². The number of fused-ring (bicyclic) bond motifs is 2. The Morgan fingerprint density at radius 1 is 0.840 bits per heavy atom. The number of unbranched alkanes of at least 4 members (excludes halogenated alkanes) is 1. The third-order valence-electron chi connectivity index (χ3n) is 4.72. The Hall–Kier alpha value is -2.19. The van der Waals surface area contributed by atoms with Crippen molar-refractivity contribution >= 4 is 37.5 Å². The third-order valence-corrected chi connectivity index (χ3v) is 5.16. The van der Waals surface area contributed by atoms with Gasteiger partial charge in [-0.2, -0.15) is 0 Å². The number of hydrogen-bond donors (Lipinski definition) is 0. The second kappa shape index (κ2) is 6.97. The summed E-state index contributed by atoms with van der Waals surface area (Å²) in [5.41, 5.74) is 3.65. The topological polar surface area (TPSA) is 12.9 Å². The average molecular weight is 390 g/mol.